The number of hydrogen-bond acceptors (Lipinski definition) is 7. The largest absolute Gasteiger partial charge is 0.388 e. The van der Waals surface area contributed by atoms with Crippen molar-refractivity contribution in [1.82, 2.24) is 0 Å². The molecule has 1 aromatic rings. The number of aliphatic hydroxyl groups is 1. The van der Waals surface area contributed by atoms with E-state index in [4.69, 9.17) is 18.4 Å². The summed E-state index contributed by atoms with van der Waals surface area (Å²) in [6.45, 7) is 4.44. The van der Waals surface area contributed by atoms with E-state index in [9.17, 15) is 17.9 Å². The molecule has 1 aromatic carbocycles. The zero-order valence-corrected chi connectivity index (χ0v) is 14.9. The van der Waals surface area contributed by atoms with Crippen LogP contribution in [0.15, 0.2) is 29.2 Å². The highest BCUT2D eigenvalue weighted by molar-refractivity contribution is 7.86. The Balaban J connectivity index is 1.60. The van der Waals surface area contributed by atoms with Gasteiger partial charge in [-0.1, -0.05) is 17.7 Å². The van der Waals surface area contributed by atoms with Crippen molar-refractivity contribution >= 4 is 10.1 Å². The molecule has 0 unspecified atom stereocenters. The fourth-order valence-electron chi connectivity index (χ4n) is 2.83. The molecular formula is C16H21FO7S. The first-order valence-electron chi connectivity index (χ1n) is 7.88. The lowest BCUT2D eigenvalue weighted by Gasteiger charge is -2.24. The molecule has 3 rings (SSSR count). The third kappa shape index (κ3) is 3.86. The highest BCUT2D eigenvalue weighted by Gasteiger charge is 2.57. The number of alkyl halides is 1. The minimum atomic E-state index is -4.06. The molecule has 0 saturated carbocycles. The summed E-state index contributed by atoms with van der Waals surface area (Å²) >= 11 is 0. The Labute approximate surface area is 145 Å². The van der Waals surface area contributed by atoms with Gasteiger partial charge in [0.2, 0.25) is 0 Å². The summed E-state index contributed by atoms with van der Waals surface area (Å²) in [4.78, 5) is -0.0419. The van der Waals surface area contributed by atoms with Crippen LogP contribution in [0.4, 0.5) is 4.39 Å². The van der Waals surface area contributed by atoms with Crippen LogP contribution in [-0.4, -0.2) is 56.7 Å². The number of hydrogen-bond donors (Lipinski definition) is 1. The maximum atomic E-state index is 14.4. The van der Waals surface area contributed by atoms with Crippen molar-refractivity contribution in [1.29, 1.82) is 0 Å². The topological polar surface area (TPSA) is 91.3 Å². The number of rotatable bonds is 5. The van der Waals surface area contributed by atoms with Crippen molar-refractivity contribution in [3.63, 3.8) is 0 Å². The molecule has 2 aliphatic rings. The summed E-state index contributed by atoms with van der Waals surface area (Å²) in [5, 5.41) is 10.1. The summed E-state index contributed by atoms with van der Waals surface area (Å²) in [7, 11) is -4.06. The molecule has 2 saturated heterocycles. The molecule has 0 aromatic heterocycles. The zero-order valence-electron chi connectivity index (χ0n) is 14.1. The average molecular weight is 376 g/mol. The molecule has 0 aliphatic carbocycles. The maximum absolute atomic E-state index is 14.4. The monoisotopic (exact) mass is 376 g/mol. The molecule has 2 fully saturated rings. The van der Waals surface area contributed by atoms with Crippen LogP contribution in [0.5, 0.6) is 0 Å². The van der Waals surface area contributed by atoms with Gasteiger partial charge in [-0.05, 0) is 32.9 Å². The van der Waals surface area contributed by atoms with Gasteiger partial charge in [-0.15, -0.1) is 0 Å². The first-order valence-corrected chi connectivity index (χ1v) is 9.29. The van der Waals surface area contributed by atoms with Crippen molar-refractivity contribution in [2.75, 3.05) is 6.61 Å². The van der Waals surface area contributed by atoms with E-state index in [1.54, 1.807) is 26.0 Å². The van der Waals surface area contributed by atoms with E-state index >= 15 is 0 Å². The van der Waals surface area contributed by atoms with Crippen LogP contribution >= 0.6 is 0 Å². The van der Waals surface area contributed by atoms with Gasteiger partial charge in [-0.25, -0.2) is 4.39 Å². The smallest absolute Gasteiger partial charge is 0.297 e. The summed E-state index contributed by atoms with van der Waals surface area (Å²) in [6.07, 6.45) is -6.36. The van der Waals surface area contributed by atoms with Crippen LogP contribution < -0.4 is 0 Å². The van der Waals surface area contributed by atoms with Gasteiger partial charge in [0.05, 0.1) is 11.5 Å². The standard InChI is InChI=1S/C16H21FO7S/c1-9-4-6-10(7-5-9)25(19,20)21-8-11(18)13-12(17)14-15(22-13)24-16(2,3)23-14/h4-7,11-15,18H,8H2,1-3H3/t11-,12+,13-,14-,15-/m1/s1. The van der Waals surface area contributed by atoms with Gasteiger partial charge in [-0.3, -0.25) is 4.18 Å². The van der Waals surface area contributed by atoms with Crippen molar-refractivity contribution < 1.29 is 36.3 Å². The molecule has 0 radical (unpaired) electrons. The van der Waals surface area contributed by atoms with Crippen molar-refractivity contribution in [2.24, 2.45) is 0 Å². The molecule has 140 valence electrons. The molecule has 2 aliphatic heterocycles. The van der Waals surface area contributed by atoms with E-state index in [0.29, 0.717) is 0 Å². The number of ether oxygens (including phenoxy) is 3. The SMILES string of the molecule is Cc1ccc(S(=O)(=O)OC[C@@H](O)[C@H]2O[C@@H]3OC(C)(C)O[C@@H]3[C@H]2F)cc1. The van der Waals surface area contributed by atoms with Crippen molar-refractivity contribution in [3.05, 3.63) is 29.8 Å². The van der Waals surface area contributed by atoms with Gasteiger partial charge >= 0.3 is 0 Å². The third-order valence-corrected chi connectivity index (χ3v) is 5.39. The summed E-state index contributed by atoms with van der Waals surface area (Å²) in [6, 6.07) is 6.05. The van der Waals surface area contributed by atoms with Crippen molar-refractivity contribution in [3.8, 4) is 0 Å². The van der Waals surface area contributed by atoms with Crippen molar-refractivity contribution in [2.45, 2.75) is 62.2 Å². The average Bonchev–Trinajstić information content (AvgIpc) is 2.99. The van der Waals surface area contributed by atoms with E-state index in [-0.39, 0.29) is 4.90 Å². The van der Waals surface area contributed by atoms with Crippen LogP contribution in [0.2, 0.25) is 0 Å². The molecule has 0 amide bonds. The lowest BCUT2D eigenvalue weighted by molar-refractivity contribution is -0.222. The minimum Gasteiger partial charge on any atom is -0.388 e. The maximum Gasteiger partial charge on any atom is 0.297 e. The van der Waals surface area contributed by atoms with Crippen LogP contribution in [0.25, 0.3) is 0 Å². The van der Waals surface area contributed by atoms with Crippen LogP contribution in [0.1, 0.15) is 19.4 Å². The Hall–Kier alpha value is -1.10. The summed E-state index contributed by atoms with van der Waals surface area (Å²) in [5.41, 5.74) is 0.896. The third-order valence-electron chi connectivity index (χ3n) is 4.09. The number of halogens is 1. The molecular weight excluding hydrogens is 355 g/mol. The highest BCUT2D eigenvalue weighted by Crippen LogP contribution is 2.39. The summed E-state index contributed by atoms with van der Waals surface area (Å²) in [5.74, 6) is -0.971. The van der Waals surface area contributed by atoms with Gasteiger partial charge in [0.1, 0.15) is 18.3 Å². The highest BCUT2D eigenvalue weighted by atomic mass is 32.2. The van der Waals surface area contributed by atoms with E-state index in [2.05, 4.69) is 0 Å². The Morgan fingerprint density at radius 3 is 2.52 bits per heavy atom. The molecule has 5 atom stereocenters. The summed E-state index contributed by atoms with van der Waals surface area (Å²) < 4.78 is 59.6. The number of aliphatic hydroxyl groups excluding tert-OH is 1. The molecule has 9 heteroatoms. The quantitative estimate of drug-likeness (QED) is 0.774. The normalized spacial score (nSPS) is 32.5. The molecule has 2 heterocycles. The fraction of sp³-hybridized carbons (Fsp3) is 0.625. The Morgan fingerprint density at radius 2 is 1.92 bits per heavy atom. The van der Waals surface area contributed by atoms with E-state index < -0.39 is 53.3 Å². The second-order valence-corrected chi connectivity index (χ2v) is 8.25. The molecule has 0 bridgehead atoms. The number of fused-ring (bicyclic) bond motifs is 1. The first kappa shape index (κ1) is 18.7. The molecule has 1 N–H and O–H groups in total. The lowest BCUT2D eigenvalue weighted by atomic mass is 10.1. The number of benzene rings is 1. The second-order valence-electron chi connectivity index (χ2n) is 6.63. The predicted molar refractivity (Wildman–Crippen MR) is 83.9 cm³/mol. The van der Waals surface area contributed by atoms with E-state index in [1.807, 2.05) is 6.92 Å². The van der Waals surface area contributed by atoms with E-state index in [1.165, 1.54) is 12.1 Å². The Morgan fingerprint density at radius 1 is 1.28 bits per heavy atom. The Kier molecular flexibility index (Phi) is 4.91. The molecule has 25 heavy (non-hydrogen) atoms. The van der Waals surface area contributed by atoms with Gasteiger partial charge in [-0.2, -0.15) is 8.42 Å². The molecule has 7 nitrogen and oxygen atoms in total. The Bertz CT molecular complexity index is 719. The second kappa shape index (κ2) is 6.57. The molecule has 0 spiro atoms. The zero-order chi connectivity index (χ0) is 18.4. The lowest BCUT2D eigenvalue weighted by Crippen LogP contribution is -2.41. The van der Waals surface area contributed by atoms with Crippen LogP contribution in [-0.2, 0) is 28.5 Å². The predicted octanol–water partition coefficient (Wildman–Crippen LogP) is 1.28. The van der Waals surface area contributed by atoms with Gasteiger partial charge < -0.3 is 19.3 Å². The number of aryl methyl sites for hydroxylation is 1. The fourth-order valence-corrected chi connectivity index (χ4v) is 3.75. The minimum absolute atomic E-state index is 0.0419. The van der Waals surface area contributed by atoms with Crippen LogP contribution in [0.3, 0.4) is 0 Å². The van der Waals surface area contributed by atoms with Crippen LogP contribution in [0, 0.1) is 6.92 Å². The van der Waals surface area contributed by atoms with Gasteiger partial charge in [0, 0.05) is 0 Å². The van der Waals surface area contributed by atoms with Gasteiger partial charge in [0.25, 0.3) is 10.1 Å². The van der Waals surface area contributed by atoms with Gasteiger partial charge in [0.15, 0.2) is 18.2 Å². The first-order chi connectivity index (χ1) is 11.6. The van der Waals surface area contributed by atoms with E-state index in [0.717, 1.165) is 5.56 Å².